The third-order valence-corrected chi connectivity index (χ3v) is 4.54. The number of nitrogens with zero attached hydrogens (tertiary/aromatic N) is 3. The molecule has 1 aromatic carbocycles. The van der Waals surface area contributed by atoms with E-state index in [0.717, 1.165) is 18.8 Å². The fourth-order valence-electron chi connectivity index (χ4n) is 3.26. The van der Waals surface area contributed by atoms with Gasteiger partial charge in [-0.25, -0.2) is 4.98 Å². The van der Waals surface area contributed by atoms with Gasteiger partial charge in [0.1, 0.15) is 5.82 Å². The van der Waals surface area contributed by atoms with Gasteiger partial charge in [-0.3, -0.25) is 4.79 Å². The number of benzene rings is 1. The van der Waals surface area contributed by atoms with Gasteiger partial charge in [0.05, 0.1) is 5.56 Å². The van der Waals surface area contributed by atoms with E-state index in [-0.39, 0.29) is 5.91 Å². The zero-order valence-corrected chi connectivity index (χ0v) is 13.9. The van der Waals surface area contributed by atoms with Gasteiger partial charge in [-0.05, 0) is 31.0 Å². The van der Waals surface area contributed by atoms with Gasteiger partial charge in [0.2, 0.25) is 0 Å². The molecule has 1 fully saturated rings. The predicted octanol–water partition coefficient (Wildman–Crippen LogP) is 3.17. The maximum atomic E-state index is 12.0. The maximum absolute atomic E-state index is 12.0. The van der Waals surface area contributed by atoms with E-state index >= 15 is 0 Å². The van der Waals surface area contributed by atoms with Crippen molar-refractivity contribution in [2.45, 2.75) is 25.3 Å². The van der Waals surface area contributed by atoms with Crippen LogP contribution in [0.3, 0.4) is 0 Å². The lowest BCUT2D eigenvalue weighted by Crippen LogP contribution is -2.28. The molecule has 0 spiro atoms. The van der Waals surface area contributed by atoms with Crippen LogP contribution in [0.5, 0.6) is 0 Å². The van der Waals surface area contributed by atoms with Gasteiger partial charge < -0.3 is 9.80 Å². The van der Waals surface area contributed by atoms with Crippen molar-refractivity contribution in [1.82, 2.24) is 9.88 Å². The van der Waals surface area contributed by atoms with E-state index in [4.69, 9.17) is 0 Å². The van der Waals surface area contributed by atoms with Crippen molar-refractivity contribution in [2.75, 3.05) is 25.5 Å². The second kappa shape index (κ2) is 6.41. The average Bonchev–Trinajstić information content (AvgIpc) is 2.97. The molecule has 23 heavy (non-hydrogen) atoms. The van der Waals surface area contributed by atoms with E-state index in [1.54, 1.807) is 25.2 Å². The topological polar surface area (TPSA) is 36.4 Å². The Bertz CT molecular complexity index is 667. The van der Waals surface area contributed by atoms with E-state index in [2.05, 4.69) is 47.1 Å². The first-order valence-electron chi connectivity index (χ1n) is 8.05. The molecule has 1 aliphatic heterocycles. The molecule has 2 heterocycles. The molecule has 4 nitrogen and oxygen atoms in total. The van der Waals surface area contributed by atoms with Crippen LogP contribution in [0.2, 0.25) is 0 Å². The molecule has 1 amide bonds. The fraction of sp³-hybridized carbons (Fsp3) is 0.368. The van der Waals surface area contributed by atoms with Crippen molar-refractivity contribution < 1.29 is 4.79 Å². The van der Waals surface area contributed by atoms with Crippen LogP contribution in [0.4, 0.5) is 5.82 Å². The van der Waals surface area contributed by atoms with Crippen LogP contribution in [-0.2, 0) is 0 Å². The number of carbonyl (C=O) groups excluding carboxylic acids is 1. The Morgan fingerprint density at radius 1 is 1.17 bits per heavy atom. The minimum Gasteiger partial charge on any atom is -0.353 e. The predicted molar refractivity (Wildman–Crippen MR) is 92.9 cm³/mol. The Hall–Kier alpha value is -2.36. The molecule has 1 aliphatic rings. The van der Waals surface area contributed by atoms with E-state index in [0.29, 0.717) is 17.5 Å². The van der Waals surface area contributed by atoms with Crippen LogP contribution >= 0.6 is 0 Å². The summed E-state index contributed by atoms with van der Waals surface area (Å²) in [6.07, 6.45) is 2.81. The van der Waals surface area contributed by atoms with Crippen molar-refractivity contribution in [2.24, 2.45) is 0 Å². The molecule has 1 aromatic heterocycles. The molecule has 2 unspecified atom stereocenters. The summed E-state index contributed by atoms with van der Waals surface area (Å²) in [5.41, 5.74) is 2.02. The molecule has 120 valence electrons. The van der Waals surface area contributed by atoms with Crippen LogP contribution in [-0.4, -0.2) is 42.5 Å². The van der Waals surface area contributed by atoms with Gasteiger partial charge in [0.25, 0.3) is 5.91 Å². The minimum absolute atomic E-state index is 0.0133. The van der Waals surface area contributed by atoms with Crippen LogP contribution < -0.4 is 4.90 Å². The van der Waals surface area contributed by atoms with Crippen molar-refractivity contribution in [3.63, 3.8) is 0 Å². The molecule has 2 aromatic rings. The molecule has 2 atom stereocenters. The highest BCUT2D eigenvalue weighted by Gasteiger charge is 2.30. The van der Waals surface area contributed by atoms with Gasteiger partial charge in [-0.15, -0.1) is 0 Å². The first-order valence-corrected chi connectivity index (χ1v) is 8.05. The number of aromatic nitrogens is 1. The highest BCUT2D eigenvalue weighted by molar-refractivity contribution is 5.93. The summed E-state index contributed by atoms with van der Waals surface area (Å²) in [5.74, 6) is 1.48. The Morgan fingerprint density at radius 3 is 2.52 bits per heavy atom. The molecule has 0 saturated carbocycles. The van der Waals surface area contributed by atoms with Crippen LogP contribution in [0.1, 0.15) is 35.2 Å². The quantitative estimate of drug-likeness (QED) is 0.874. The molecular formula is C19H23N3O. The first kappa shape index (κ1) is 15.5. The second-order valence-corrected chi connectivity index (χ2v) is 6.45. The Kier molecular flexibility index (Phi) is 4.33. The Labute approximate surface area is 137 Å². The fourth-order valence-corrected chi connectivity index (χ4v) is 3.26. The summed E-state index contributed by atoms with van der Waals surface area (Å²) in [6.45, 7) is 3.21. The lowest BCUT2D eigenvalue weighted by molar-refractivity contribution is 0.0827. The SMILES string of the molecule is CC1CC(c2ccccc2)CN1c1ccc(C(=O)N(C)C)cn1. The van der Waals surface area contributed by atoms with E-state index < -0.39 is 0 Å². The molecule has 3 rings (SSSR count). The minimum atomic E-state index is -0.0133. The largest absolute Gasteiger partial charge is 0.353 e. The average molecular weight is 309 g/mol. The van der Waals surface area contributed by atoms with E-state index in [1.807, 2.05) is 12.1 Å². The molecular weight excluding hydrogens is 286 g/mol. The van der Waals surface area contributed by atoms with Crippen molar-refractivity contribution in [1.29, 1.82) is 0 Å². The smallest absolute Gasteiger partial charge is 0.254 e. The molecule has 4 heteroatoms. The van der Waals surface area contributed by atoms with Crippen molar-refractivity contribution in [3.8, 4) is 0 Å². The first-order chi connectivity index (χ1) is 11.1. The number of anilines is 1. The Morgan fingerprint density at radius 2 is 1.91 bits per heavy atom. The molecule has 1 saturated heterocycles. The second-order valence-electron chi connectivity index (χ2n) is 6.45. The number of hydrogen-bond acceptors (Lipinski definition) is 3. The summed E-state index contributed by atoms with van der Waals surface area (Å²) in [6, 6.07) is 14.9. The maximum Gasteiger partial charge on any atom is 0.254 e. The number of carbonyl (C=O) groups is 1. The van der Waals surface area contributed by atoms with E-state index in [1.165, 1.54) is 5.56 Å². The summed E-state index contributed by atoms with van der Waals surface area (Å²) in [4.78, 5) is 20.4. The van der Waals surface area contributed by atoms with Crippen LogP contribution in [0.15, 0.2) is 48.7 Å². The lowest BCUT2D eigenvalue weighted by Gasteiger charge is -2.23. The normalized spacial score (nSPS) is 20.6. The molecule has 0 aliphatic carbocycles. The summed E-state index contributed by atoms with van der Waals surface area (Å²) in [5, 5.41) is 0. The summed E-state index contributed by atoms with van der Waals surface area (Å²) in [7, 11) is 3.51. The number of rotatable bonds is 3. The van der Waals surface area contributed by atoms with Crippen molar-refractivity contribution >= 4 is 11.7 Å². The molecule has 0 N–H and O–H groups in total. The lowest BCUT2D eigenvalue weighted by atomic mass is 9.97. The number of amides is 1. The number of pyridine rings is 1. The highest BCUT2D eigenvalue weighted by Crippen LogP contribution is 2.34. The van der Waals surface area contributed by atoms with Crippen LogP contribution in [0, 0.1) is 0 Å². The standard InChI is InChI=1S/C19H23N3O/c1-14-11-17(15-7-5-4-6-8-15)13-22(14)18-10-9-16(12-20-18)19(23)21(2)3/h4-10,12,14,17H,11,13H2,1-3H3. The van der Waals surface area contributed by atoms with Crippen LogP contribution in [0.25, 0.3) is 0 Å². The van der Waals surface area contributed by atoms with Gasteiger partial charge in [-0.1, -0.05) is 30.3 Å². The van der Waals surface area contributed by atoms with Gasteiger partial charge in [-0.2, -0.15) is 0 Å². The van der Waals surface area contributed by atoms with Gasteiger partial charge in [0, 0.05) is 38.8 Å². The zero-order chi connectivity index (χ0) is 16.4. The van der Waals surface area contributed by atoms with Gasteiger partial charge in [0.15, 0.2) is 0 Å². The number of hydrogen-bond donors (Lipinski definition) is 0. The molecule has 0 bridgehead atoms. The monoisotopic (exact) mass is 309 g/mol. The highest BCUT2D eigenvalue weighted by atomic mass is 16.2. The third-order valence-electron chi connectivity index (χ3n) is 4.54. The molecule has 0 radical (unpaired) electrons. The Balaban J connectivity index is 1.76. The summed E-state index contributed by atoms with van der Waals surface area (Å²) >= 11 is 0. The third kappa shape index (κ3) is 3.21. The van der Waals surface area contributed by atoms with Crippen molar-refractivity contribution in [3.05, 3.63) is 59.8 Å². The van der Waals surface area contributed by atoms with E-state index in [9.17, 15) is 4.79 Å². The zero-order valence-electron chi connectivity index (χ0n) is 13.9. The summed E-state index contributed by atoms with van der Waals surface area (Å²) < 4.78 is 0. The van der Waals surface area contributed by atoms with Gasteiger partial charge >= 0.3 is 0 Å².